The Bertz CT molecular complexity index is 555. The summed E-state index contributed by atoms with van der Waals surface area (Å²) in [6.45, 7) is 9.22. The first-order valence-corrected chi connectivity index (χ1v) is 6.84. The van der Waals surface area contributed by atoms with Gasteiger partial charge in [-0.2, -0.15) is 0 Å². The number of rotatable bonds is 1. The smallest absolute Gasteiger partial charge is 0.0614 e. The van der Waals surface area contributed by atoms with Crippen molar-refractivity contribution in [2.45, 2.75) is 33.7 Å². The molecule has 0 unspecified atom stereocenters. The molecular formula is C18H21N. The minimum Gasteiger partial charge on any atom is -0.288 e. The van der Waals surface area contributed by atoms with Gasteiger partial charge >= 0.3 is 0 Å². The van der Waals surface area contributed by atoms with Crippen molar-refractivity contribution in [2.24, 2.45) is 5.41 Å². The van der Waals surface area contributed by atoms with E-state index in [1.807, 2.05) is 0 Å². The molecule has 98 valence electrons. The van der Waals surface area contributed by atoms with Crippen molar-refractivity contribution in [3.05, 3.63) is 35.4 Å². The summed E-state index contributed by atoms with van der Waals surface area (Å²) < 4.78 is 0. The highest BCUT2D eigenvalue weighted by Crippen LogP contribution is 2.17. The maximum absolute atomic E-state index is 3.16. The molecule has 0 aliphatic carbocycles. The van der Waals surface area contributed by atoms with E-state index >= 15 is 0 Å². The Morgan fingerprint density at radius 3 is 2.58 bits per heavy atom. The molecule has 0 N–H and O–H groups in total. The van der Waals surface area contributed by atoms with E-state index in [4.69, 9.17) is 0 Å². The van der Waals surface area contributed by atoms with Gasteiger partial charge in [-0.05, 0) is 50.2 Å². The van der Waals surface area contributed by atoms with E-state index in [1.54, 1.807) is 0 Å². The second kappa shape index (κ2) is 5.96. The summed E-state index contributed by atoms with van der Waals surface area (Å²) in [6.07, 6.45) is 1.13. The fourth-order valence-corrected chi connectivity index (χ4v) is 2.10. The number of benzene rings is 1. The second-order valence-corrected chi connectivity index (χ2v) is 6.03. The van der Waals surface area contributed by atoms with Crippen LogP contribution in [0.3, 0.4) is 0 Å². The van der Waals surface area contributed by atoms with Crippen LogP contribution in [0.1, 0.15) is 31.9 Å². The number of hydrogen-bond acceptors (Lipinski definition) is 1. The first-order chi connectivity index (χ1) is 9.04. The minimum absolute atomic E-state index is 0.0404. The van der Waals surface area contributed by atoms with E-state index in [2.05, 4.69) is 73.6 Å². The number of fused-ring (bicyclic) bond motifs is 1. The van der Waals surface area contributed by atoms with Crippen molar-refractivity contribution in [3.63, 3.8) is 0 Å². The number of hydrogen-bond donors (Lipinski definition) is 0. The zero-order valence-corrected chi connectivity index (χ0v) is 12.1. The summed E-state index contributed by atoms with van der Waals surface area (Å²) in [5.74, 6) is 12.2. The van der Waals surface area contributed by atoms with Crippen molar-refractivity contribution in [1.29, 1.82) is 0 Å². The average Bonchev–Trinajstić information content (AvgIpc) is 2.37. The van der Waals surface area contributed by atoms with Gasteiger partial charge in [0, 0.05) is 18.5 Å². The van der Waals surface area contributed by atoms with Crippen LogP contribution in [-0.2, 0) is 13.0 Å². The largest absolute Gasteiger partial charge is 0.288 e. The van der Waals surface area contributed by atoms with Gasteiger partial charge in [-0.25, -0.2) is 0 Å². The van der Waals surface area contributed by atoms with Gasteiger partial charge < -0.3 is 0 Å². The molecule has 1 heterocycles. The topological polar surface area (TPSA) is 3.24 Å². The Kier molecular flexibility index (Phi) is 4.31. The monoisotopic (exact) mass is 251 g/mol. The predicted octanol–water partition coefficient (Wildman–Crippen LogP) is 3.10. The van der Waals surface area contributed by atoms with Crippen LogP contribution in [0.2, 0.25) is 0 Å². The van der Waals surface area contributed by atoms with Crippen LogP contribution in [0.25, 0.3) is 0 Å². The molecule has 1 heteroatoms. The summed E-state index contributed by atoms with van der Waals surface area (Å²) >= 11 is 0. The lowest BCUT2D eigenvalue weighted by molar-refractivity contribution is 0.286. The molecule has 2 rings (SSSR count). The van der Waals surface area contributed by atoms with E-state index in [0.29, 0.717) is 0 Å². The fraction of sp³-hybridized carbons (Fsp3) is 0.444. The maximum atomic E-state index is 3.16. The molecule has 0 atom stereocenters. The van der Waals surface area contributed by atoms with Crippen LogP contribution < -0.4 is 0 Å². The Morgan fingerprint density at radius 2 is 1.84 bits per heavy atom. The van der Waals surface area contributed by atoms with Gasteiger partial charge in [0.25, 0.3) is 0 Å². The van der Waals surface area contributed by atoms with Crippen LogP contribution in [-0.4, -0.2) is 18.0 Å². The molecule has 0 saturated carbocycles. The third-order valence-electron chi connectivity index (χ3n) is 3.10. The Balaban J connectivity index is 1.89. The molecule has 19 heavy (non-hydrogen) atoms. The molecule has 1 aromatic rings. The van der Waals surface area contributed by atoms with E-state index in [0.717, 1.165) is 26.1 Å². The van der Waals surface area contributed by atoms with E-state index in [9.17, 15) is 0 Å². The lowest BCUT2D eigenvalue weighted by Gasteiger charge is -2.26. The first kappa shape index (κ1) is 13.7. The molecule has 1 aliphatic rings. The SMILES string of the molecule is CC(C)(C)C#CC#CCN1CCc2ccccc2C1. The first-order valence-electron chi connectivity index (χ1n) is 6.84. The zero-order valence-electron chi connectivity index (χ0n) is 12.1. The van der Waals surface area contributed by atoms with Crippen LogP contribution in [0.15, 0.2) is 24.3 Å². The summed E-state index contributed by atoms with van der Waals surface area (Å²) in [5.41, 5.74) is 2.97. The summed E-state index contributed by atoms with van der Waals surface area (Å²) in [4.78, 5) is 2.38. The third kappa shape index (κ3) is 4.47. The maximum Gasteiger partial charge on any atom is 0.0614 e. The summed E-state index contributed by atoms with van der Waals surface area (Å²) in [6, 6.07) is 8.68. The lowest BCUT2D eigenvalue weighted by Crippen LogP contribution is -2.30. The van der Waals surface area contributed by atoms with Crippen molar-refractivity contribution in [1.82, 2.24) is 4.90 Å². The van der Waals surface area contributed by atoms with E-state index in [1.165, 1.54) is 11.1 Å². The standard InChI is InChI=1S/C18H21N/c1-18(2,3)12-7-4-8-13-19-14-11-16-9-5-6-10-17(16)15-19/h5-6,9-10H,11,13-15H2,1-3H3. The van der Waals surface area contributed by atoms with Gasteiger partial charge in [0.15, 0.2) is 0 Å². The van der Waals surface area contributed by atoms with Gasteiger partial charge in [-0.1, -0.05) is 36.1 Å². The van der Waals surface area contributed by atoms with Crippen molar-refractivity contribution in [3.8, 4) is 23.7 Å². The average molecular weight is 251 g/mol. The third-order valence-corrected chi connectivity index (χ3v) is 3.10. The van der Waals surface area contributed by atoms with Gasteiger partial charge in [0.2, 0.25) is 0 Å². The number of nitrogens with zero attached hydrogens (tertiary/aromatic N) is 1. The predicted molar refractivity (Wildman–Crippen MR) is 80.4 cm³/mol. The highest BCUT2D eigenvalue weighted by Gasteiger charge is 2.13. The van der Waals surface area contributed by atoms with E-state index in [-0.39, 0.29) is 5.41 Å². The molecule has 0 aromatic heterocycles. The van der Waals surface area contributed by atoms with Crippen LogP contribution >= 0.6 is 0 Å². The molecule has 1 aromatic carbocycles. The van der Waals surface area contributed by atoms with Gasteiger partial charge in [-0.3, -0.25) is 4.90 Å². The molecule has 1 aliphatic heterocycles. The molecule has 0 amide bonds. The molecule has 0 bridgehead atoms. The van der Waals surface area contributed by atoms with Crippen molar-refractivity contribution >= 4 is 0 Å². The highest BCUT2D eigenvalue weighted by atomic mass is 15.1. The van der Waals surface area contributed by atoms with Crippen LogP contribution in [0, 0.1) is 29.1 Å². The Labute approximate surface area is 117 Å². The Morgan fingerprint density at radius 1 is 1.11 bits per heavy atom. The molecule has 0 saturated heterocycles. The molecule has 0 radical (unpaired) electrons. The molecular weight excluding hydrogens is 230 g/mol. The van der Waals surface area contributed by atoms with Crippen molar-refractivity contribution < 1.29 is 0 Å². The van der Waals surface area contributed by atoms with Gasteiger partial charge in [0.05, 0.1) is 6.54 Å². The van der Waals surface area contributed by atoms with E-state index < -0.39 is 0 Å². The summed E-state index contributed by atoms with van der Waals surface area (Å²) in [5, 5.41) is 0. The quantitative estimate of drug-likeness (QED) is 0.693. The highest BCUT2D eigenvalue weighted by molar-refractivity contribution is 5.31. The molecule has 0 spiro atoms. The summed E-state index contributed by atoms with van der Waals surface area (Å²) in [7, 11) is 0. The van der Waals surface area contributed by atoms with Crippen LogP contribution in [0.4, 0.5) is 0 Å². The fourth-order valence-electron chi connectivity index (χ4n) is 2.10. The van der Waals surface area contributed by atoms with Gasteiger partial charge in [0.1, 0.15) is 0 Å². The second-order valence-electron chi connectivity index (χ2n) is 6.03. The Hall–Kier alpha value is -1.70. The molecule has 0 fully saturated rings. The van der Waals surface area contributed by atoms with Crippen molar-refractivity contribution in [2.75, 3.05) is 13.1 Å². The zero-order chi connectivity index (χ0) is 13.7. The van der Waals surface area contributed by atoms with Crippen LogP contribution in [0.5, 0.6) is 0 Å². The van der Waals surface area contributed by atoms with Gasteiger partial charge in [-0.15, -0.1) is 0 Å². The normalized spacial score (nSPS) is 14.7. The minimum atomic E-state index is 0.0404. The lowest BCUT2D eigenvalue weighted by atomic mass is 9.98. The molecule has 1 nitrogen and oxygen atoms in total.